The predicted molar refractivity (Wildman–Crippen MR) is 80.9 cm³/mol. The van der Waals surface area contributed by atoms with Crippen molar-refractivity contribution < 1.29 is 9.59 Å². The Morgan fingerprint density at radius 3 is 2.70 bits per heavy atom. The number of benzene rings is 1. The molecule has 20 heavy (non-hydrogen) atoms. The van der Waals surface area contributed by atoms with Crippen LogP contribution in [0.15, 0.2) is 18.2 Å². The van der Waals surface area contributed by atoms with Gasteiger partial charge < -0.3 is 16.4 Å². The molecule has 0 bridgehead atoms. The van der Waals surface area contributed by atoms with Crippen molar-refractivity contribution in [1.82, 2.24) is 5.32 Å². The average molecular weight is 298 g/mol. The van der Waals surface area contributed by atoms with Crippen molar-refractivity contribution in [2.45, 2.75) is 19.8 Å². The molecular formula is C14H20ClN3O2. The summed E-state index contributed by atoms with van der Waals surface area (Å²) >= 11 is 6.03. The summed E-state index contributed by atoms with van der Waals surface area (Å²) in [6, 6.07) is 4.76. The number of hydrogen-bond donors (Lipinski definition) is 3. The maximum atomic E-state index is 12.0. The molecule has 0 aromatic heterocycles. The Bertz CT molecular complexity index is 491. The minimum atomic E-state index is -0.228. The summed E-state index contributed by atoms with van der Waals surface area (Å²) in [4.78, 5) is 23.6. The Morgan fingerprint density at radius 1 is 1.40 bits per heavy atom. The zero-order valence-electron chi connectivity index (χ0n) is 11.7. The van der Waals surface area contributed by atoms with Crippen molar-refractivity contribution in [2.24, 2.45) is 11.7 Å². The number of rotatable bonds is 6. The van der Waals surface area contributed by atoms with E-state index in [0.717, 1.165) is 12.8 Å². The molecule has 1 aromatic rings. The van der Waals surface area contributed by atoms with Crippen LogP contribution in [0.3, 0.4) is 0 Å². The first-order valence-electron chi connectivity index (χ1n) is 6.52. The van der Waals surface area contributed by atoms with Gasteiger partial charge >= 0.3 is 0 Å². The molecule has 2 amide bonds. The zero-order valence-corrected chi connectivity index (χ0v) is 12.5. The normalized spacial score (nSPS) is 11.8. The van der Waals surface area contributed by atoms with E-state index >= 15 is 0 Å². The summed E-state index contributed by atoms with van der Waals surface area (Å²) < 4.78 is 0. The van der Waals surface area contributed by atoms with Crippen LogP contribution in [0.4, 0.5) is 5.69 Å². The third-order valence-electron chi connectivity index (χ3n) is 3.00. The minimum absolute atomic E-state index is 0.130. The SMILES string of the molecule is CNC(=O)c1ccc(Cl)c(NC(=O)C(C)CCCN)c1. The van der Waals surface area contributed by atoms with Crippen LogP contribution in [0.2, 0.25) is 5.02 Å². The molecule has 1 aromatic carbocycles. The molecule has 110 valence electrons. The van der Waals surface area contributed by atoms with Crippen LogP contribution >= 0.6 is 11.6 Å². The highest BCUT2D eigenvalue weighted by Gasteiger charge is 2.15. The Balaban J connectivity index is 2.80. The largest absolute Gasteiger partial charge is 0.355 e. The molecule has 0 saturated heterocycles. The van der Waals surface area contributed by atoms with Gasteiger partial charge in [-0.15, -0.1) is 0 Å². The number of hydrogen-bond acceptors (Lipinski definition) is 3. The molecule has 6 heteroatoms. The Hall–Kier alpha value is -1.59. The molecule has 0 aliphatic carbocycles. The number of carbonyl (C=O) groups excluding carboxylic acids is 2. The highest BCUT2D eigenvalue weighted by atomic mass is 35.5. The summed E-state index contributed by atoms with van der Waals surface area (Å²) in [6.45, 7) is 2.39. The lowest BCUT2D eigenvalue weighted by molar-refractivity contribution is -0.119. The van der Waals surface area contributed by atoms with Crippen molar-refractivity contribution in [3.8, 4) is 0 Å². The maximum absolute atomic E-state index is 12.0. The number of amides is 2. The second kappa shape index (κ2) is 7.87. The van der Waals surface area contributed by atoms with Gasteiger partial charge in [0.2, 0.25) is 5.91 Å². The molecule has 0 aliphatic heterocycles. The number of nitrogens with two attached hydrogens (primary N) is 1. The summed E-state index contributed by atoms with van der Waals surface area (Å²) in [7, 11) is 1.55. The second-order valence-electron chi connectivity index (χ2n) is 4.59. The van der Waals surface area contributed by atoms with E-state index in [2.05, 4.69) is 10.6 Å². The van der Waals surface area contributed by atoms with Gasteiger partial charge in [0.15, 0.2) is 0 Å². The van der Waals surface area contributed by atoms with Gasteiger partial charge in [0.05, 0.1) is 10.7 Å². The fourth-order valence-corrected chi connectivity index (χ4v) is 1.88. The van der Waals surface area contributed by atoms with Gasteiger partial charge in [0.1, 0.15) is 0 Å². The highest BCUT2D eigenvalue weighted by Crippen LogP contribution is 2.24. The van der Waals surface area contributed by atoms with E-state index in [1.54, 1.807) is 25.2 Å². The van der Waals surface area contributed by atoms with Crippen molar-refractivity contribution >= 4 is 29.1 Å². The third-order valence-corrected chi connectivity index (χ3v) is 3.33. The van der Waals surface area contributed by atoms with Crippen LogP contribution in [0.1, 0.15) is 30.1 Å². The van der Waals surface area contributed by atoms with E-state index in [-0.39, 0.29) is 17.7 Å². The van der Waals surface area contributed by atoms with E-state index in [1.807, 2.05) is 6.92 Å². The zero-order chi connectivity index (χ0) is 15.1. The molecule has 1 unspecified atom stereocenters. The molecule has 1 atom stereocenters. The van der Waals surface area contributed by atoms with E-state index < -0.39 is 0 Å². The van der Waals surface area contributed by atoms with Crippen molar-refractivity contribution in [2.75, 3.05) is 18.9 Å². The Labute approximate surface area is 123 Å². The van der Waals surface area contributed by atoms with Crippen molar-refractivity contribution in [3.63, 3.8) is 0 Å². The first-order valence-corrected chi connectivity index (χ1v) is 6.90. The quantitative estimate of drug-likeness (QED) is 0.751. The molecule has 0 fully saturated rings. The lowest BCUT2D eigenvalue weighted by atomic mass is 10.0. The monoisotopic (exact) mass is 297 g/mol. The highest BCUT2D eigenvalue weighted by molar-refractivity contribution is 6.33. The molecular weight excluding hydrogens is 278 g/mol. The van der Waals surface area contributed by atoms with Gasteiger partial charge in [-0.3, -0.25) is 9.59 Å². The smallest absolute Gasteiger partial charge is 0.251 e. The summed E-state index contributed by atoms with van der Waals surface area (Å²) in [5.41, 5.74) is 6.31. The van der Waals surface area contributed by atoms with E-state index in [1.165, 1.54) is 0 Å². The topological polar surface area (TPSA) is 84.2 Å². The standard InChI is InChI=1S/C14H20ClN3O2/c1-9(4-3-7-16)13(19)18-12-8-10(14(20)17-2)5-6-11(12)15/h5-6,8-9H,3-4,7,16H2,1-2H3,(H,17,20)(H,18,19). The fourth-order valence-electron chi connectivity index (χ4n) is 1.72. The Kier molecular flexibility index (Phi) is 6.48. The first kappa shape index (κ1) is 16.5. The molecule has 0 radical (unpaired) electrons. The fraction of sp³-hybridized carbons (Fsp3) is 0.429. The van der Waals surface area contributed by atoms with Crippen LogP contribution in [0, 0.1) is 5.92 Å². The van der Waals surface area contributed by atoms with Crippen LogP contribution in [-0.2, 0) is 4.79 Å². The average Bonchev–Trinajstić information content (AvgIpc) is 2.45. The predicted octanol–water partition coefficient (Wildman–Crippen LogP) is 2.01. The van der Waals surface area contributed by atoms with Gasteiger partial charge in [0, 0.05) is 18.5 Å². The second-order valence-corrected chi connectivity index (χ2v) is 5.00. The summed E-state index contributed by atoms with van der Waals surface area (Å²) in [5.74, 6) is -0.513. The molecule has 0 saturated carbocycles. The number of anilines is 1. The van der Waals surface area contributed by atoms with Gasteiger partial charge in [-0.05, 0) is 37.6 Å². The maximum Gasteiger partial charge on any atom is 0.251 e. The lowest BCUT2D eigenvalue weighted by Crippen LogP contribution is -2.22. The number of halogens is 1. The first-order chi connectivity index (χ1) is 9.49. The van der Waals surface area contributed by atoms with Crippen molar-refractivity contribution in [1.29, 1.82) is 0 Å². The molecule has 1 rings (SSSR count). The Morgan fingerprint density at radius 2 is 2.10 bits per heavy atom. The van der Waals surface area contributed by atoms with Gasteiger partial charge in [-0.2, -0.15) is 0 Å². The molecule has 5 nitrogen and oxygen atoms in total. The van der Waals surface area contributed by atoms with Crippen LogP contribution in [0.25, 0.3) is 0 Å². The van der Waals surface area contributed by atoms with Gasteiger partial charge in [-0.1, -0.05) is 18.5 Å². The molecule has 0 aliphatic rings. The van der Waals surface area contributed by atoms with Crippen molar-refractivity contribution in [3.05, 3.63) is 28.8 Å². The molecule has 4 N–H and O–H groups in total. The van der Waals surface area contributed by atoms with Gasteiger partial charge in [-0.25, -0.2) is 0 Å². The lowest BCUT2D eigenvalue weighted by Gasteiger charge is -2.13. The summed E-state index contributed by atoms with van der Waals surface area (Å²) in [6.07, 6.45) is 1.51. The van der Waals surface area contributed by atoms with Crippen LogP contribution < -0.4 is 16.4 Å². The number of nitrogens with one attached hydrogen (secondary N) is 2. The van der Waals surface area contributed by atoms with E-state index in [9.17, 15) is 9.59 Å². The minimum Gasteiger partial charge on any atom is -0.355 e. The van der Waals surface area contributed by atoms with Gasteiger partial charge in [0.25, 0.3) is 5.91 Å². The van der Waals surface area contributed by atoms with E-state index in [4.69, 9.17) is 17.3 Å². The number of carbonyl (C=O) groups is 2. The van der Waals surface area contributed by atoms with E-state index in [0.29, 0.717) is 22.8 Å². The third kappa shape index (κ3) is 4.51. The summed E-state index contributed by atoms with van der Waals surface area (Å²) in [5, 5.41) is 5.67. The van der Waals surface area contributed by atoms with Crippen LogP contribution in [0.5, 0.6) is 0 Å². The molecule has 0 heterocycles. The van der Waals surface area contributed by atoms with Crippen LogP contribution in [-0.4, -0.2) is 25.4 Å². The molecule has 0 spiro atoms.